The molecule has 0 atom stereocenters. The third-order valence-electron chi connectivity index (χ3n) is 3.04. The zero-order chi connectivity index (χ0) is 17.0. The molecule has 0 aliphatic heterocycles. The van der Waals surface area contributed by atoms with Crippen LogP contribution in [0.5, 0.6) is 5.75 Å². The van der Waals surface area contributed by atoms with Crippen LogP contribution in [0.4, 0.5) is 18.9 Å². The van der Waals surface area contributed by atoms with Crippen molar-refractivity contribution in [1.82, 2.24) is 0 Å². The van der Waals surface area contributed by atoms with Crippen LogP contribution in [0.15, 0.2) is 42.5 Å². The number of ether oxygens (including phenoxy) is 1. The molecule has 0 saturated heterocycles. The Morgan fingerprint density at radius 3 is 2.35 bits per heavy atom. The minimum Gasteiger partial charge on any atom is -0.493 e. The van der Waals surface area contributed by atoms with Gasteiger partial charge in [-0.05, 0) is 23.8 Å². The molecule has 0 aromatic heterocycles. The third-order valence-corrected chi connectivity index (χ3v) is 3.29. The molecule has 0 heterocycles. The number of benzene rings is 2. The van der Waals surface area contributed by atoms with E-state index in [4.69, 9.17) is 16.3 Å². The molecule has 8 heteroatoms. The normalized spacial score (nSPS) is 11.3. The molecule has 122 valence electrons. The highest BCUT2D eigenvalue weighted by molar-refractivity contribution is 6.30. The van der Waals surface area contributed by atoms with E-state index in [-0.39, 0.29) is 6.61 Å². The van der Waals surface area contributed by atoms with Crippen LogP contribution in [0, 0.1) is 10.1 Å². The van der Waals surface area contributed by atoms with Crippen molar-refractivity contribution >= 4 is 17.3 Å². The number of nitro benzene ring substituents is 1. The standard InChI is InChI=1S/C15H11ClF3NO3/c16-11-3-1-10(2-4-11)7-8-23-14-6-5-12(20(21)22)9-13(14)15(17,18)19/h1-6,9H,7-8H2. The van der Waals surface area contributed by atoms with Gasteiger partial charge in [0.05, 0.1) is 11.5 Å². The topological polar surface area (TPSA) is 52.4 Å². The van der Waals surface area contributed by atoms with Crippen molar-refractivity contribution in [3.8, 4) is 5.75 Å². The van der Waals surface area contributed by atoms with Gasteiger partial charge in [-0.3, -0.25) is 10.1 Å². The summed E-state index contributed by atoms with van der Waals surface area (Å²) >= 11 is 5.74. The predicted molar refractivity (Wildman–Crippen MR) is 78.7 cm³/mol. The molecule has 0 amide bonds. The molecular formula is C15H11ClF3NO3. The van der Waals surface area contributed by atoms with Gasteiger partial charge in [-0.25, -0.2) is 0 Å². The molecule has 0 aliphatic carbocycles. The van der Waals surface area contributed by atoms with Gasteiger partial charge in [0, 0.05) is 23.6 Å². The average Bonchev–Trinajstić information content (AvgIpc) is 2.48. The lowest BCUT2D eigenvalue weighted by molar-refractivity contribution is -0.385. The van der Waals surface area contributed by atoms with Gasteiger partial charge in [-0.1, -0.05) is 23.7 Å². The number of hydrogen-bond donors (Lipinski definition) is 0. The fourth-order valence-corrected chi connectivity index (χ4v) is 2.03. The van der Waals surface area contributed by atoms with Crippen molar-refractivity contribution in [2.24, 2.45) is 0 Å². The Morgan fingerprint density at radius 1 is 1.13 bits per heavy atom. The Labute approximate surface area is 134 Å². The Bertz CT molecular complexity index is 702. The fourth-order valence-electron chi connectivity index (χ4n) is 1.91. The molecule has 0 unspecified atom stereocenters. The number of nitro groups is 1. The van der Waals surface area contributed by atoms with Gasteiger partial charge in [0.1, 0.15) is 11.3 Å². The van der Waals surface area contributed by atoms with Crippen LogP contribution in [-0.4, -0.2) is 11.5 Å². The molecular weight excluding hydrogens is 335 g/mol. The highest BCUT2D eigenvalue weighted by atomic mass is 35.5. The van der Waals surface area contributed by atoms with Gasteiger partial charge in [-0.2, -0.15) is 13.2 Å². The highest BCUT2D eigenvalue weighted by Crippen LogP contribution is 2.38. The molecule has 0 fully saturated rings. The third kappa shape index (κ3) is 4.59. The van der Waals surface area contributed by atoms with Gasteiger partial charge in [0.15, 0.2) is 0 Å². The van der Waals surface area contributed by atoms with Gasteiger partial charge in [0.25, 0.3) is 5.69 Å². The summed E-state index contributed by atoms with van der Waals surface area (Å²) in [6.45, 7) is 0.00250. The lowest BCUT2D eigenvalue weighted by Gasteiger charge is -2.13. The second-order valence-corrected chi connectivity index (χ2v) is 5.10. The molecule has 0 N–H and O–H groups in total. The minimum absolute atomic E-state index is 0.00250. The molecule has 2 aromatic rings. The number of halogens is 4. The second-order valence-electron chi connectivity index (χ2n) is 4.66. The van der Waals surface area contributed by atoms with E-state index in [1.165, 1.54) is 0 Å². The number of nitrogens with zero attached hydrogens (tertiary/aromatic N) is 1. The van der Waals surface area contributed by atoms with E-state index in [2.05, 4.69) is 0 Å². The first-order chi connectivity index (χ1) is 10.8. The van der Waals surface area contributed by atoms with Crippen molar-refractivity contribution in [1.29, 1.82) is 0 Å². The van der Waals surface area contributed by atoms with Crippen molar-refractivity contribution in [3.63, 3.8) is 0 Å². The first-order valence-corrected chi connectivity index (χ1v) is 6.88. The monoisotopic (exact) mass is 345 g/mol. The van der Waals surface area contributed by atoms with Gasteiger partial charge in [0.2, 0.25) is 0 Å². The van der Waals surface area contributed by atoms with E-state index in [9.17, 15) is 23.3 Å². The first kappa shape index (κ1) is 17.1. The average molecular weight is 346 g/mol. The Hall–Kier alpha value is -2.28. The van der Waals surface area contributed by atoms with Crippen LogP contribution in [0.1, 0.15) is 11.1 Å². The maximum atomic E-state index is 13.0. The van der Waals surface area contributed by atoms with Crippen LogP contribution >= 0.6 is 11.6 Å². The summed E-state index contributed by atoms with van der Waals surface area (Å²) in [5.41, 5.74) is -0.949. The summed E-state index contributed by atoms with van der Waals surface area (Å²) in [7, 11) is 0. The number of alkyl halides is 3. The van der Waals surface area contributed by atoms with E-state index in [0.29, 0.717) is 17.5 Å². The zero-order valence-corrected chi connectivity index (χ0v) is 12.4. The van der Waals surface area contributed by atoms with E-state index in [1.54, 1.807) is 24.3 Å². The Balaban J connectivity index is 2.12. The molecule has 0 spiro atoms. The molecule has 0 radical (unpaired) electrons. The number of rotatable bonds is 5. The van der Waals surface area contributed by atoms with Crippen LogP contribution in [0.2, 0.25) is 5.02 Å². The highest BCUT2D eigenvalue weighted by Gasteiger charge is 2.36. The summed E-state index contributed by atoms with van der Waals surface area (Å²) in [6, 6.07) is 9.24. The van der Waals surface area contributed by atoms with Crippen molar-refractivity contribution < 1.29 is 22.8 Å². The summed E-state index contributed by atoms with van der Waals surface area (Å²) in [5, 5.41) is 11.2. The van der Waals surface area contributed by atoms with Crippen molar-refractivity contribution in [2.75, 3.05) is 6.61 Å². The second kappa shape index (κ2) is 6.87. The fraction of sp³-hybridized carbons (Fsp3) is 0.200. The van der Waals surface area contributed by atoms with E-state index in [1.807, 2.05) is 0 Å². The summed E-state index contributed by atoms with van der Waals surface area (Å²) < 4.78 is 44.1. The van der Waals surface area contributed by atoms with Crippen LogP contribution in [0.3, 0.4) is 0 Å². The van der Waals surface area contributed by atoms with Gasteiger partial charge >= 0.3 is 6.18 Å². The molecule has 0 saturated carbocycles. The summed E-state index contributed by atoms with van der Waals surface area (Å²) in [6.07, 6.45) is -4.35. The Kier molecular flexibility index (Phi) is 5.10. The van der Waals surface area contributed by atoms with Gasteiger partial charge in [-0.15, -0.1) is 0 Å². The van der Waals surface area contributed by atoms with Crippen LogP contribution in [-0.2, 0) is 12.6 Å². The SMILES string of the molecule is O=[N+]([O-])c1ccc(OCCc2ccc(Cl)cc2)c(C(F)(F)F)c1. The Morgan fingerprint density at radius 2 is 1.78 bits per heavy atom. The number of hydrogen-bond acceptors (Lipinski definition) is 3. The molecule has 0 bridgehead atoms. The predicted octanol–water partition coefficient (Wildman–Crippen LogP) is 4.89. The molecule has 2 rings (SSSR count). The first-order valence-electron chi connectivity index (χ1n) is 6.50. The number of non-ortho nitro benzene ring substituents is 1. The summed E-state index contributed by atoms with van der Waals surface area (Å²) in [4.78, 5) is 9.72. The largest absolute Gasteiger partial charge is 0.493 e. The molecule has 0 aliphatic rings. The van der Waals surface area contributed by atoms with Crippen LogP contribution < -0.4 is 4.74 Å². The molecule has 2 aromatic carbocycles. The summed E-state index contributed by atoms with van der Waals surface area (Å²) in [5.74, 6) is -0.433. The lowest BCUT2D eigenvalue weighted by Crippen LogP contribution is -2.11. The smallest absolute Gasteiger partial charge is 0.420 e. The minimum atomic E-state index is -4.73. The molecule has 4 nitrogen and oxygen atoms in total. The van der Waals surface area contributed by atoms with Crippen LogP contribution in [0.25, 0.3) is 0 Å². The van der Waals surface area contributed by atoms with Gasteiger partial charge < -0.3 is 4.74 Å². The maximum Gasteiger partial charge on any atom is 0.420 e. The van der Waals surface area contributed by atoms with E-state index >= 15 is 0 Å². The van der Waals surface area contributed by atoms with E-state index < -0.39 is 28.1 Å². The van der Waals surface area contributed by atoms with Crippen molar-refractivity contribution in [2.45, 2.75) is 12.6 Å². The quantitative estimate of drug-likeness (QED) is 0.572. The zero-order valence-electron chi connectivity index (χ0n) is 11.6. The van der Waals surface area contributed by atoms with Crippen molar-refractivity contribution in [3.05, 3.63) is 68.7 Å². The molecule has 23 heavy (non-hydrogen) atoms. The van der Waals surface area contributed by atoms with E-state index in [0.717, 1.165) is 17.7 Å². The maximum absolute atomic E-state index is 13.0. The lowest BCUT2D eigenvalue weighted by atomic mass is 10.1.